The van der Waals surface area contributed by atoms with E-state index in [4.69, 9.17) is 0 Å². The summed E-state index contributed by atoms with van der Waals surface area (Å²) >= 11 is 0. The van der Waals surface area contributed by atoms with Gasteiger partial charge in [0, 0.05) is 17.3 Å². The van der Waals surface area contributed by atoms with Gasteiger partial charge < -0.3 is 0 Å². The van der Waals surface area contributed by atoms with E-state index in [1.54, 1.807) is 0 Å². The molecule has 2 aromatic carbocycles. The Bertz CT molecular complexity index is 688. The first-order valence-electron chi connectivity index (χ1n) is 8.26. The highest BCUT2D eigenvalue weighted by Crippen LogP contribution is 2.29. The van der Waals surface area contributed by atoms with E-state index >= 15 is 0 Å². The molecule has 0 saturated carbocycles. The normalized spacial score (nSPS) is 10.9. The Hall–Kier alpha value is -2.41. The van der Waals surface area contributed by atoms with Gasteiger partial charge in [-0.25, -0.2) is 0 Å². The van der Waals surface area contributed by atoms with E-state index in [9.17, 15) is 0 Å². The molecular weight excluding hydrogens is 278 g/mol. The summed E-state index contributed by atoms with van der Waals surface area (Å²) in [5.41, 5.74) is 6.38. The van der Waals surface area contributed by atoms with E-state index in [0.29, 0.717) is 5.92 Å². The maximum absolute atomic E-state index is 4.48. The Morgan fingerprint density at radius 2 is 1.22 bits per heavy atom. The number of hydrogen-bond acceptors (Lipinski definition) is 1. The largest absolute Gasteiger partial charge is 0.258 e. The number of aromatic nitrogens is 1. The zero-order valence-electron chi connectivity index (χ0n) is 13.9. The van der Waals surface area contributed by atoms with Crippen molar-refractivity contribution in [2.24, 2.45) is 0 Å². The highest BCUT2D eigenvalue weighted by molar-refractivity contribution is 5.33. The Labute approximate surface area is 139 Å². The molecule has 1 nitrogen and oxygen atoms in total. The summed E-state index contributed by atoms with van der Waals surface area (Å²) < 4.78 is 0. The summed E-state index contributed by atoms with van der Waals surface area (Å²) in [6.45, 7) is 4.14. The lowest BCUT2D eigenvalue weighted by Crippen LogP contribution is -2.03. The molecular formula is C22H23N. The van der Waals surface area contributed by atoms with E-state index in [1.807, 2.05) is 0 Å². The number of pyridine rings is 1. The minimum Gasteiger partial charge on any atom is -0.258 e. The third kappa shape index (κ3) is 4.07. The molecule has 0 atom stereocenters. The summed E-state index contributed by atoms with van der Waals surface area (Å²) in [5.74, 6) is 0.436. The quantitative estimate of drug-likeness (QED) is 0.609. The molecule has 23 heavy (non-hydrogen) atoms. The van der Waals surface area contributed by atoms with Crippen molar-refractivity contribution in [3.63, 3.8) is 0 Å². The SMILES string of the molecule is Cc1cc(CCC(c2ccccc2)c2ccccc2)cc(C)n1. The van der Waals surface area contributed by atoms with Gasteiger partial charge in [-0.05, 0) is 55.5 Å². The fraction of sp³-hybridized carbons (Fsp3) is 0.227. The van der Waals surface area contributed by atoms with E-state index in [1.165, 1.54) is 16.7 Å². The number of aryl methyl sites for hydroxylation is 3. The predicted molar refractivity (Wildman–Crippen MR) is 96.8 cm³/mol. The second-order valence-corrected chi connectivity index (χ2v) is 6.17. The van der Waals surface area contributed by atoms with Gasteiger partial charge in [-0.2, -0.15) is 0 Å². The van der Waals surface area contributed by atoms with Crippen LogP contribution in [0.25, 0.3) is 0 Å². The molecule has 0 amide bonds. The summed E-state index contributed by atoms with van der Waals surface area (Å²) in [5, 5.41) is 0. The van der Waals surface area contributed by atoms with Crippen LogP contribution in [0.5, 0.6) is 0 Å². The second-order valence-electron chi connectivity index (χ2n) is 6.17. The molecule has 0 radical (unpaired) electrons. The monoisotopic (exact) mass is 301 g/mol. The Balaban J connectivity index is 1.85. The van der Waals surface area contributed by atoms with Crippen LogP contribution < -0.4 is 0 Å². The van der Waals surface area contributed by atoms with Gasteiger partial charge in [-0.1, -0.05) is 60.7 Å². The topological polar surface area (TPSA) is 12.9 Å². The molecule has 0 unspecified atom stereocenters. The summed E-state index contributed by atoms with van der Waals surface area (Å²) in [6, 6.07) is 26.1. The number of rotatable bonds is 5. The van der Waals surface area contributed by atoms with E-state index in [-0.39, 0.29) is 0 Å². The van der Waals surface area contributed by atoms with E-state index in [0.717, 1.165) is 24.2 Å². The Morgan fingerprint density at radius 1 is 0.739 bits per heavy atom. The molecule has 0 saturated heterocycles. The van der Waals surface area contributed by atoms with Crippen molar-refractivity contribution in [3.8, 4) is 0 Å². The fourth-order valence-electron chi connectivity index (χ4n) is 3.27. The van der Waals surface area contributed by atoms with Crippen molar-refractivity contribution < 1.29 is 0 Å². The second kappa shape index (κ2) is 7.23. The van der Waals surface area contributed by atoms with Crippen LogP contribution in [0.3, 0.4) is 0 Å². The lowest BCUT2D eigenvalue weighted by atomic mass is 9.86. The first-order valence-corrected chi connectivity index (χ1v) is 8.26. The van der Waals surface area contributed by atoms with Crippen LogP contribution in [0.1, 0.15) is 40.4 Å². The zero-order chi connectivity index (χ0) is 16.1. The summed E-state index contributed by atoms with van der Waals surface area (Å²) in [4.78, 5) is 4.48. The molecule has 0 aliphatic heterocycles. The van der Waals surface area contributed by atoms with Gasteiger partial charge in [0.2, 0.25) is 0 Å². The lowest BCUT2D eigenvalue weighted by Gasteiger charge is -2.18. The maximum Gasteiger partial charge on any atom is 0.0378 e. The van der Waals surface area contributed by atoms with Gasteiger partial charge in [0.05, 0.1) is 0 Å². The third-order valence-electron chi connectivity index (χ3n) is 4.27. The molecule has 0 aliphatic rings. The Kier molecular flexibility index (Phi) is 4.87. The van der Waals surface area contributed by atoms with Gasteiger partial charge in [0.25, 0.3) is 0 Å². The smallest absolute Gasteiger partial charge is 0.0378 e. The zero-order valence-corrected chi connectivity index (χ0v) is 13.9. The van der Waals surface area contributed by atoms with Crippen molar-refractivity contribution in [2.45, 2.75) is 32.6 Å². The third-order valence-corrected chi connectivity index (χ3v) is 4.27. The summed E-state index contributed by atoms with van der Waals surface area (Å²) in [6.07, 6.45) is 2.18. The van der Waals surface area contributed by atoms with Gasteiger partial charge in [-0.3, -0.25) is 4.98 Å². The van der Waals surface area contributed by atoms with E-state index in [2.05, 4.69) is 91.6 Å². The average Bonchev–Trinajstić information content (AvgIpc) is 2.56. The molecule has 3 rings (SSSR count). The number of nitrogens with zero attached hydrogens (tertiary/aromatic N) is 1. The molecule has 116 valence electrons. The molecule has 3 aromatic rings. The molecule has 0 spiro atoms. The first kappa shape index (κ1) is 15.5. The van der Waals surface area contributed by atoms with Crippen molar-refractivity contribution >= 4 is 0 Å². The molecule has 1 heteroatoms. The molecule has 0 N–H and O–H groups in total. The molecule has 0 fully saturated rings. The van der Waals surface area contributed by atoms with Crippen molar-refractivity contribution in [1.82, 2.24) is 4.98 Å². The van der Waals surface area contributed by atoms with Gasteiger partial charge >= 0.3 is 0 Å². The first-order chi connectivity index (χ1) is 11.2. The van der Waals surface area contributed by atoms with Crippen molar-refractivity contribution in [1.29, 1.82) is 0 Å². The van der Waals surface area contributed by atoms with Crippen LogP contribution in [-0.4, -0.2) is 4.98 Å². The highest BCUT2D eigenvalue weighted by Gasteiger charge is 2.14. The van der Waals surface area contributed by atoms with E-state index < -0.39 is 0 Å². The van der Waals surface area contributed by atoms with Crippen molar-refractivity contribution in [3.05, 3.63) is 101 Å². The van der Waals surface area contributed by atoms with Crippen LogP contribution in [0, 0.1) is 13.8 Å². The standard InChI is InChI=1S/C22H23N/c1-17-15-19(16-18(2)23-17)13-14-22(20-9-5-3-6-10-20)21-11-7-4-8-12-21/h3-12,15-16,22H,13-14H2,1-2H3. The van der Waals surface area contributed by atoms with Crippen LogP contribution in [0.2, 0.25) is 0 Å². The molecule has 1 aromatic heterocycles. The lowest BCUT2D eigenvalue weighted by molar-refractivity contribution is 0.713. The van der Waals surface area contributed by atoms with Crippen LogP contribution in [0.4, 0.5) is 0 Å². The average molecular weight is 301 g/mol. The molecule has 0 bridgehead atoms. The minimum atomic E-state index is 0.436. The van der Waals surface area contributed by atoms with Crippen molar-refractivity contribution in [2.75, 3.05) is 0 Å². The van der Waals surface area contributed by atoms with Gasteiger partial charge in [-0.15, -0.1) is 0 Å². The molecule has 0 aliphatic carbocycles. The maximum atomic E-state index is 4.48. The number of hydrogen-bond donors (Lipinski definition) is 0. The molecule has 1 heterocycles. The number of benzene rings is 2. The minimum absolute atomic E-state index is 0.436. The van der Waals surface area contributed by atoms with Crippen LogP contribution >= 0.6 is 0 Å². The van der Waals surface area contributed by atoms with Crippen LogP contribution in [-0.2, 0) is 6.42 Å². The predicted octanol–water partition coefficient (Wildman–Crippen LogP) is 5.46. The van der Waals surface area contributed by atoms with Gasteiger partial charge in [0.15, 0.2) is 0 Å². The fourth-order valence-corrected chi connectivity index (χ4v) is 3.27. The van der Waals surface area contributed by atoms with Gasteiger partial charge in [0.1, 0.15) is 0 Å². The Morgan fingerprint density at radius 3 is 1.70 bits per heavy atom. The summed E-state index contributed by atoms with van der Waals surface area (Å²) in [7, 11) is 0. The van der Waals surface area contributed by atoms with Crippen LogP contribution in [0.15, 0.2) is 72.8 Å². The highest BCUT2D eigenvalue weighted by atomic mass is 14.7.